The first-order chi connectivity index (χ1) is 7.33. The van der Waals surface area contributed by atoms with Crippen molar-refractivity contribution in [3.63, 3.8) is 0 Å². The predicted molar refractivity (Wildman–Crippen MR) is 54.2 cm³/mol. The molecule has 8 heteroatoms. The van der Waals surface area contributed by atoms with Gasteiger partial charge in [0, 0.05) is 0 Å². The summed E-state index contributed by atoms with van der Waals surface area (Å²) in [5.74, 6) is -1.44. The summed E-state index contributed by atoms with van der Waals surface area (Å²) in [5, 5.41) is 0. The minimum atomic E-state index is -3.80. The molecule has 1 aliphatic heterocycles. The molecule has 0 amide bonds. The van der Waals surface area contributed by atoms with Crippen molar-refractivity contribution >= 4 is 19.7 Å². The van der Waals surface area contributed by atoms with Crippen molar-refractivity contribution in [1.29, 1.82) is 0 Å². The minimum absolute atomic E-state index is 0.258. The Labute approximate surface area is 92.9 Å². The lowest BCUT2D eigenvalue weighted by Crippen LogP contribution is -2.19. The molecule has 86 valence electrons. The lowest BCUT2D eigenvalue weighted by atomic mass is 10.4. The zero-order chi connectivity index (χ0) is 12.0. The Morgan fingerprint density at radius 1 is 0.938 bits per heavy atom. The molecule has 0 unspecified atom stereocenters. The van der Waals surface area contributed by atoms with Gasteiger partial charge in [-0.3, -0.25) is 4.70 Å². The summed E-state index contributed by atoms with van der Waals surface area (Å²) in [6, 6.07) is 5.33. The van der Waals surface area contributed by atoms with E-state index in [1.165, 1.54) is 24.3 Å². The second-order valence-electron chi connectivity index (χ2n) is 3.44. The van der Waals surface area contributed by atoms with Crippen LogP contribution in [0.4, 0.5) is 0 Å². The topological polar surface area (TPSA) is 93.6 Å². The molecule has 0 fully saturated rings. The molecule has 0 radical (unpaired) electrons. The van der Waals surface area contributed by atoms with Gasteiger partial charge in [0.2, 0.25) is 31.4 Å². The molecule has 0 aromatic heterocycles. The maximum atomic E-state index is 11.7. The van der Waals surface area contributed by atoms with Crippen molar-refractivity contribution in [1.82, 2.24) is 0 Å². The van der Waals surface area contributed by atoms with E-state index < -0.39 is 31.4 Å². The first-order valence-electron chi connectivity index (χ1n) is 4.31. The smallest absolute Gasteiger partial charge is 0.238 e. The number of rotatable bonds is 0. The average Bonchev–Trinajstić information content (AvgIpc) is 2.21. The van der Waals surface area contributed by atoms with Crippen LogP contribution in [0, 0.1) is 0 Å². The van der Waals surface area contributed by atoms with E-state index in [0.717, 1.165) is 0 Å². The lowest BCUT2D eigenvalue weighted by Gasteiger charge is -2.01. The van der Waals surface area contributed by atoms with E-state index in [1.807, 2.05) is 0 Å². The maximum absolute atomic E-state index is 11.7. The molecule has 16 heavy (non-hydrogen) atoms. The Morgan fingerprint density at radius 2 is 1.31 bits per heavy atom. The van der Waals surface area contributed by atoms with Crippen LogP contribution in [0.1, 0.15) is 0 Å². The third-order valence-electron chi connectivity index (χ3n) is 2.16. The van der Waals surface area contributed by atoms with Crippen LogP contribution in [0.25, 0.3) is 5.53 Å². The maximum Gasteiger partial charge on any atom is 0.238 e. The van der Waals surface area contributed by atoms with E-state index in [2.05, 4.69) is 0 Å². The van der Waals surface area contributed by atoms with E-state index in [9.17, 15) is 22.4 Å². The fraction of sp³-hybridized carbons (Fsp3) is 0.250. The summed E-state index contributed by atoms with van der Waals surface area (Å²) in [4.78, 5) is -0.516. The number of hydrogen-bond acceptors (Lipinski definition) is 4. The SMILES string of the molecule is [N-]=[N+]1CS(=O)(=O)c2ccccc2S(=O)(=O)C1. The molecule has 0 saturated carbocycles. The minimum Gasteiger partial charge on any atom is -0.505 e. The number of hydrogen-bond donors (Lipinski definition) is 0. The standard InChI is InChI=1S/C8H8N2O4S2/c9-10-5-15(11,12)7-3-1-2-4-8(7)16(13,14)6-10/h1-4H,5-6H2. The highest BCUT2D eigenvalue weighted by atomic mass is 32.2. The average molecular weight is 260 g/mol. The summed E-state index contributed by atoms with van der Waals surface area (Å²) < 4.78 is 47.2. The van der Waals surface area contributed by atoms with Crippen molar-refractivity contribution < 1.29 is 21.5 Å². The Hall–Kier alpha value is -1.28. The van der Waals surface area contributed by atoms with Gasteiger partial charge in [0.1, 0.15) is 0 Å². The molecule has 1 heterocycles. The molecular formula is C8H8N2O4S2. The summed E-state index contributed by atoms with van der Waals surface area (Å²) in [7, 11) is -7.60. The normalized spacial score (nSPS) is 22.1. The Balaban J connectivity index is 2.87. The summed E-state index contributed by atoms with van der Waals surface area (Å²) in [6.07, 6.45) is 0. The summed E-state index contributed by atoms with van der Waals surface area (Å²) >= 11 is 0. The van der Waals surface area contributed by atoms with Crippen molar-refractivity contribution in [2.45, 2.75) is 9.79 Å². The molecule has 0 N–H and O–H groups in total. The van der Waals surface area contributed by atoms with Crippen molar-refractivity contribution in [3.8, 4) is 0 Å². The zero-order valence-corrected chi connectivity index (χ0v) is 9.70. The van der Waals surface area contributed by atoms with Crippen LogP contribution in [0.15, 0.2) is 34.1 Å². The van der Waals surface area contributed by atoms with Crippen LogP contribution in [0.2, 0.25) is 0 Å². The van der Waals surface area contributed by atoms with Crippen LogP contribution in [0.3, 0.4) is 0 Å². The fourth-order valence-electron chi connectivity index (χ4n) is 1.53. The molecular weight excluding hydrogens is 252 g/mol. The van der Waals surface area contributed by atoms with Gasteiger partial charge in [0.15, 0.2) is 0 Å². The zero-order valence-electron chi connectivity index (χ0n) is 8.07. The van der Waals surface area contributed by atoms with E-state index in [0.29, 0.717) is 0 Å². The second kappa shape index (κ2) is 3.36. The fourth-order valence-corrected chi connectivity index (χ4v) is 4.98. The molecule has 0 bridgehead atoms. The van der Waals surface area contributed by atoms with Crippen LogP contribution in [0.5, 0.6) is 0 Å². The molecule has 6 nitrogen and oxygen atoms in total. The van der Waals surface area contributed by atoms with E-state index in [-0.39, 0.29) is 14.5 Å². The Morgan fingerprint density at radius 3 is 1.69 bits per heavy atom. The Kier molecular flexibility index (Phi) is 2.35. The van der Waals surface area contributed by atoms with Gasteiger partial charge in [0.05, 0.1) is 9.79 Å². The van der Waals surface area contributed by atoms with Gasteiger partial charge in [-0.15, -0.1) is 0 Å². The van der Waals surface area contributed by atoms with Crippen LogP contribution >= 0.6 is 0 Å². The van der Waals surface area contributed by atoms with Crippen molar-refractivity contribution in [3.05, 3.63) is 29.8 Å². The van der Waals surface area contributed by atoms with Gasteiger partial charge in [-0.1, -0.05) is 12.1 Å². The third-order valence-corrected chi connectivity index (χ3v) is 5.61. The molecule has 0 spiro atoms. The molecule has 0 saturated heterocycles. The van der Waals surface area contributed by atoms with Gasteiger partial charge in [-0.05, 0) is 12.1 Å². The first-order valence-corrected chi connectivity index (χ1v) is 7.62. The first kappa shape index (κ1) is 11.2. The quantitative estimate of drug-likeness (QED) is 0.622. The number of benzene rings is 1. The van der Waals surface area contributed by atoms with Gasteiger partial charge in [-0.2, -0.15) is 0 Å². The molecule has 0 aliphatic carbocycles. The van der Waals surface area contributed by atoms with Crippen molar-refractivity contribution in [2.24, 2.45) is 0 Å². The van der Waals surface area contributed by atoms with Crippen LogP contribution < -0.4 is 0 Å². The van der Waals surface area contributed by atoms with Gasteiger partial charge in [0.25, 0.3) is 0 Å². The molecule has 1 aromatic rings. The van der Waals surface area contributed by atoms with Crippen molar-refractivity contribution in [2.75, 3.05) is 11.8 Å². The summed E-state index contributed by atoms with van der Waals surface area (Å²) in [6.45, 7) is 0. The second-order valence-corrected chi connectivity index (χ2v) is 7.30. The van der Waals surface area contributed by atoms with E-state index >= 15 is 0 Å². The van der Waals surface area contributed by atoms with E-state index in [4.69, 9.17) is 0 Å². The van der Waals surface area contributed by atoms with Crippen LogP contribution in [-0.2, 0) is 19.7 Å². The molecule has 0 atom stereocenters. The predicted octanol–water partition coefficient (Wildman–Crippen LogP) is 0.197. The molecule has 1 aliphatic rings. The molecule has 2 rings (SSSR count). The largest absolute Gasteiger partial charge is 0.505 e. The highest BCUT2D eigenvalue weighted by molar-refractivity contribution is 7.94. The number of sulfone groups is 2. The van der Waals surface area contributed by atoms with Crippen LogP contribution in [-0.4, -0.2) is 33.3 Å². The van der Waals surface area contributed by atoms with Gasteiger partial charge < -0.3 is 5.53 Å². The highest BCUT2D eigenvalue weighted by Crippen LogP contribution is 2.25. The molecule has 1 aromatic carbocycles. The Bertz CT molecular complexity index is 604. The van der Waals surface area contributed by atoms with E-state index in [1.54, 1.807) is 0 Å². The number of fused-ring (bicyclic) bond motifs is 1. The lowest BCUT2D eigenvalue weighted by molar-refractivity contribution is -0.510. The van der Waals surface area contributed by atoms with Gasteiger partial charge in [-0.25, -0.2) is 16.8 Å². The number of nitrogens with zero attached hydrogens (tertiary/aromatic N) is 2. The monoisotopic (exact) mass is 260 g/mol. The highest BCUT2D eigenvalue weighted by Gasteiger charge is 2.34. The third kappa shape index (κ3) is 1.74. The van der Waals surface area contributed by atoms with Gasteiger partial charge >= 0.3 is 0 Å². The summed E-state index contributed by atoms with van der Waals surface area (Å²) in [5.41, 5.74) is 9.21.